The van der Waals surface area contributed by atoms with Crippen LogP contribution in [0.2, 0.25) is 0 Å². The zero-order valence-corrected chi connectivity index (χ0v) is 13.2. The van der Waals surface area contributed by atoms with Gasteiger partial charge >= 0.3 is 0 Å². The summed E-state index contributed by atoms with van der Waals surface area (Å²) in [5, 5.41) is 2.93. The van der Waals surface area contributed by atoms with Crippen molar-refractivity contribution in [2.45, 2.75) is 0 Å². The molecule has 4 rings (SSSR count). The van der Waals surface area contributed by atoms with E-state index in [0.717, 1.165) is 11.1 Å². The van der Waals surface area contributed by atoms with Crippen LogP contribution in [0.3, 0.4) is 0 Å². The third-order valence-electron chi connectivity index (χ3n) is 3.71. The Kier molecular flexibility index (Phi) is 3.35. The average Bonchev–Trinajstić information content (AvgIpc) is 2.93. The summed E-state index contributed by atoms with van der Waals surface area (Å²) in [7, 11) is 0. The van der Waals surface area contributed by atoms with Crippen molar-refractivity contribution in [3.63, 3.8) is 0 Å². The molecular weight excluding hydrogens is 325 g/mol. The summed E-state index contributed by atoms with van der Waals surface area (Å²) in [4.78, 5) is 8.88. The number of anilines is 1. The van der Waals surface area contributed by atoms with Crippen LogP contribution in [0, 0.1) is 10.6 Å². The number of nitrogens with zero attached hydrogens (tertiary/aromatic N) is 3. The average molecular weight is 337 g/mol. The van der Waals surface area contributed by atoms with Crippen LogP contribution < -0.4 is 5.73 Å². The van der Waals surface area contributed by atoms with E-state index in [4.69, 9.17) is 18.0 Å². The van der Waals surface area contributed by atoms with Gasteiger partial charge in [-0.1, -0.05) is 30.3 Å². The molecule has 0 saturated heterocycles. The molecule has 0 unspecified atom stereocenters. The number of H-pyrrole nitrogens is 1. The third-order valence-corrected chi connectivity index (χ3v) is 3.90. The number of aromatic amines is 1. The van der Waals surface area contributed by atoms with E-state index in [1.807, 2.05) is 30.3 Å². The summed E-state index contributed by atoms with van der Waals surface area (Å²) >= 11 is 5.19. The van der Waals surface area contributed by atoms with Crippen LogP contribution in [0.1, 0.15) is 0 Å². The summed E-state index contributed by atoms with van der Waals surface area (Å²) < 4.78 is 15.1. The van der Waals surface area contributed by atoms with Gasteiger partial charge in [0.05, 0.1) is 0 Å². The summed E-state index contributed by atoms with van der Waals surface area (Å²) in [6.07, 6.45) is 0. The molecule has 0 spiro atoms. The topological polar surface area (TPSA) is 72.0 Å². The molecule has 0 radical (unpaired) electrons. The van der Waals surface area contributed by atoms with E-state index in [9.17, 15) is 4.39 Å². The maximum Gasteiger partial charge on any atom is 0.220 e. The Bertz CT molecular complexity index is 1080. The molecule has 0 atom stereocenters. The number of nitrogen functional groups attached to an aromatic ring is 1. The van der Waals surface area contributed by atoms with Crippen LogP contribution in [0.15, 0.2) is 54.6 Å². The van der Waals surface area contributed by atoms with Crippen LogP contribution in [-0.4, -0.2) is 19.6 Å². The molecule has 0 aliphatic carbocycles. The highest BCUT2D eigenvalue weighted by Crippen LogP contribution is 2.32. The number of hydrogen-bond acceptors (Lipinski definition) is 4. The van der Waals surface area contributed by atoms with Gasteiger partial charge in [0.15, 0.2) is 0 Å². The van der Waals surface area contributed by atoms with Crippen molar-refractivity contribution in [3.8, 4) is 22.5 Å². The number of aromatic nitrogens is 4. The molecule has 4 aromatic rings. The summed E-state index contributed by atoms with van der Waals surface area (Å²) in [6.45, 7) is 0. The standard InChI is InChI=1S/C17H12FN5S/c18-12-8-6-11(7-9-12)14-15-13(10-4-2-1-3-5-10)20-16(19)23(15)22-17(24)21-14/h1-9H,(H2,19,20)(H,22,24). The van der Waals surface area contributed by atoms with Gasteiger partial charge in [-0.15, -0.1) is 0 Å². The predicted octanol–water partition coefficient (Wildman–Crippen LogP) is 3.84. The zero-order chi connectivity index (χ0) is 16.7. The Morgan fingerprint density at radius 3 is 2.25 bits per heavy atom. The van der Waals surface area contributed by atoms with Gasteiger partial charge in [0.25, 0.3) is 0 Å². The number of benzene rings is 2. The van der Waals surface area contributed by atoms with Crippen molar-refractivity contribution in [2.75, 3.05) is 5.73 Å². The molecule has 2 heterocycles. The highest BCUT2D eigenvalue weighted by atomic mass is 32.1. The number of rotatable bonds is 2. The Balaban J connectivity index is 2.09. The fraction of sp³-hybridized carbons (Fsp3) is 0. The number of halogens is 1. The van der Waals surface area contributed by atoms with Crippen molar-refractivity contribution < 1.29 is 4.39 Å². The molecule has 0 fully saturated rings. The minimum atomic E-state index is -0.313. The zero-order valence-electron chi connectivity index (χ0n) is 12.4. The van der Waals surface area contributed by atoms with E-state index < -0.39 is 0 Å². The van der Waals surface area contributed by atoms with Gasteiger partial charge in [-0.05, 0) is 36.5 Å². The highest BCUT2D eigenvalue weighted by molar-refractivity contribution is 7.71. The Labute approximate surface area is 141 Å². The van der Waals surface area contributed by atoms with Gasteiger partial charge in [0.2, 0.25) is 10.7 Å². The van der Waals surface area contributed by atoms with Gasteiger partial charge in [-0.3, -0.25) is 5.10 Å². The second-order valence-corrected chi connectivity index (χ2v) is 5.64. The molecule has 0 saturated carbocycles. The summed E-state index contributed by atoms with van der Waals surface area (Å²) in [5.74, 6) is -0.0344. The maximum absolute atomic E-state index is 13.3. The fourth-order valence-corrected chi connectivity index (χ4v) is 2.83. The van der Waals surface area contributed by atoms with Crippen molar-refractivity contribution >= 4 is 23.7 Å². The van der Waals surface area contributed by atoms with E-state index in [-0.39, 0.29) is 16.5 Å². The molecule has 0 amide bonds. The molecule has 7 heteroatoms. The van der Waals surface area contributed by atoms with Crippen LogP contribution in [-0.2, 0) is 0 Å². The number of nitrogens with one attached hydrogen (secondary N) is 1. The number of nitrogens with two attached hydrogens (primary N) is 1. The Morgan fingerprint density at radius 2 is 1.54 bits per heavy atom. The van der Waals surface area contributed by atoms with E-state index in [1.165, 1.54) is 12.1 Å². The second-order valence-electron chi connectivity index (χ2n) is 5.25. The molecule has 0 aliphatic rings. The van der Waals surface area contributed by atoms with Crippen molar-refractivity contribution in [1.29, 1.82) is 0 Å². The number of fused-ring (bicyclic) bond motifs is 1. The minimum Gasteiger partial charge on any atom is -0.368 e. The first-order chi connectivity index (χ1) is 11.6. The molecule has 2 aromatic carbocycles. The molecule has 5 nitrogen and oxygen atoms in total. The molecule has 0 bridgehead atoms. The van der Waals surface area contributed by atoms with Gasteiger partial charge < -0.3 is 5.73 Å². The normalized spacial score (nSPS) is 11.0. The fourth-order valence-electron chi connectivity index (χ4n) is 2.65. The first kappa shape index (κ1) is 14.5. The lowest BCUT2D eigenvalue weighted by atomic mass is 10.1. The van der Waals surface area contributed by atoms with Crippen molar-refractivity contribution in [3.05, 3.63) is 65.2 Å². The van der Waals surface area contributed by atoms with Gasteiger partial charge in [0.1, 0.15) is 22.7 Å². The van der Waals surface area contributed by atoms with E-state index in [2.05, 4.69) is 15.1 Å². The van der Waals surface area contributed by atoms with Gasteiger partial charge in [0, 0.05) is 11.1 Å². The quantitative estimate of drug-likeness (QED) is 0.545. The van der Waals surface area contributed by atoms with E-state index in [1.54, 1.807) is 16.6 Å². The minimum absolute atomic E-state index is 0.269. The first-order valence-corrected chi connectivity index (χ1v) is 7.64. The number of hydrogen-bond donors (Lipinski definition) is 2. The molecule has 3 N–H and O–H groups in total. The van der Waals surface area contributed by atoms with Crippen LogP contribution in [0.4, 0.5) is 10.3 Å². The molecule has 2 aromatic heterocycles. The number of imidazole rings is 1. The lowest BCUT2D eigenvalue weighted by Gasteiger charge is -2.06. The smallest absolute Gasteiger partial charge is 0.220 e. The van der Waals surface area contributed by atoms with E-state index in [0.29, 0.717) is 16.9 Å². The van der Waals surface area contributed by atoms with Crippen LogP contribution >= 0.6 is 12.2 Å². The molecule has 0 aliphatic heterocycles. The second kappa shape index (κ2) is 5.54. The summed E-state index contributed by atoms with van der Waals surface area (Å²) in [6, 6.07) is 15.7. The summed E-state index contributed by atoms with van der Waals surface area (Å²) in [5.41, 5.74) is 9.66. The lowest BCUT2D eigenvalue weighted by molar-refractivity contribution is 0.628. The third kappa shape index (κ3) is 2.35. The first-order valence-electron chi connectivity index (χ1n) is 7.23. The van der Waals surface area contributed by atoms with Gasteiger partial charge in [-0.2, -0.15) is 0 Å². The largest absolute Gasteiger partial charge is 0.368 e. The molecule has 24 heavy (non-hydrogen) atoms. The maximum atomic E-state index is 13.3. The monoisotopic (exact) mass is 337 g/mol. The van der Waals surface area contributed by atoms with Crippen molar-refractivity contribution in [1.82, 2.24) is 19.6 Å². The SMILES string of the molecule is Nc1nc(-c2ccccc2)c2c(-c3ccc(F)cc3)nc(=S)[nH]n12. The van der Waals surface area contributed by atoms with Crippen LogP contribution in [0.25, 0.3) is 28.0 Å². The Hall–Kier alpha value is -3.06. The van der Waals surface area contributed by atoms with Crippen molar-refractivity contribution in [2.24, 2.45) is 0 Å². The Morgan fingerprint density at radius 1 is 0.917 bits per heavy atom. The predicted molar refractivity (Wildman–Crippen MR) is 93.4 cm³/mol. The van der Waals surface area contributed by atoms with Crippen LogP contribution in [0.5, 0.6) is 0 Å². The lowest BCUT2D eigenvalue weighted by Crippen LogP contribution is -2.02. The van der Waals surface area contributed by atoms with E-state index >= 15 is 0 Å². The highest BCUT2D eigenvalue weighted by Gasteiger charge is 2.17. The molecule has 118 valence electrons. The van der Waals surface area contributed by atoms with Gasteiger partial charge in [-0.25, -0.2) is 18.9 Å². The molecular formula is C17H12FN5S.